The van der Waals surface area contributed by atoms with Gasteiger partial charge in [-0.1, -0.05) is 0 Å². The number of hydrogen-bond donors (Lipinski definition) is 1. The summed E-state index contributed by atoms with van der Waals surface area (Å²) in [6.45, 7) is 4.68. The van der Waals surface area contributed by atoms with Gasteiger partial charge in [0.2, 0.25) is 0 Å². The number of likely N-dealkylation sites (tertiary alicyclic amines) is 1. The Hall–Kier alpha value is -0.170. The fourth-order valence-corrected chi connectivity index (χ4v) is 3.55. The quantitative estimate of drug-likeness (QED) is 0.210. The van der Waals surface area contributed by atoms with Crippen LogP contribution in [0.4, 0.5) is 0 Å². The average Bonchev–Trinajstić information content (AvgIpc) is 3.13. The van der Waals surface area contributed by atoms with Crippen LogP contribution in [0.2, 0.25) is 0 Å². The molecule has 0 aromatic heterocycles. The fourth-order valence-electron chi connectivity index (χ4n) is 3.13. The maximum atomic E-state index is 11.0. The van der Waals surface area contributed by atoms with Crippen LogP contribution >= 0.6 is 24.0 Å². The van der Waals surface area contributed by atoms with Gasteiger partial charge < -0.3 is 24.4 Å². The summed E-state index contributed by atoms with van der Waals surface area (Å²) in [5, 5.41) is 3.27. The molecule has 1 atom stereocenters. The molecule has 0 aromatic carbocycles. The number of ether oxygens (including phenoxy) is 3. The second-order valence-electron chi connectivity index (χ2n) is 6.87. The number of sulfone groups is 1. The summed E-state index contributed by atoms with van der Waals surface area (Å²) in [5.41, 5.74) is 0. The molecule has 0 bridgehead atoms. The van der Waals surface area contributed by atoms with Crippen molar-refractivity contribution in [2.24, 2.45) is 4.99 Å². The predicted molar refractivity (Wildman–Crippen MR) is 117 cm³/mol. The van der Waals surface area contributed by atoms with Crippen molar-refractivity contribution in [1.29, 1.82) is 0 Å². The molecular weight excluding hydrogens is 485 g/mol. The summed E-state index contributed by atoms with van der Waals surface area (Å²) >= 11 is 0. The van der Waals surface area contributed by atoms with Gasteiger partial charge in [0.25, 0.3) is 0 Å². The molecule has 27 heavy (non-hydrogen) atoms. The molecule has 8 nitrogen and oxygen atoms in total. The lowest BCUT2D eigenvalue weighted by Crippen LogP contribution is -2.47. The van der Waals surface area contributed by atoms with Crippen molar-refractivity contribution in [3.63, 3.8) is 0 Å². The van der Waals surface area contributed by atoms with Gasteiger partial charge in [0.1, 0.15) is 9.84 Å². The summed E-state index contributed by atoms with van der Waals surface area (Å²) < 4.78 is 39.0. The first-order valence-corrected chi connectivity index (χ1v) is 11.5. The summed E-state index contributed by atoms with van der Waals surface area (Å²) in [5.74, 6) is 0.913. The minimum absolute atomic E-state index is 0. The van der Waals surface area contributed by atoms with E-state index in [1.165, 1.54) is 6.26 Å². The van der Waals surface area contributed by atoms with Gasteiger partial charge in [-0.25, -0.2) is 8.42 Å². The summed E-state index contributed by atoms with van der Waals surface area (Å²) in [6.07, 6.45) is 6.02. The lowest BCUT2D eigenvalue weighted by Gasteiger charge is -2.34. The Morgan fingerprint density at radius 3 is 2.59 bits per heavy atom. The Labute approximate surface area is 180 Å². The van der Waals surface area contributed by atoms with Crippen LogP contribution in [-0.2, 0) is 24.0 Å². The van der Waals surface area contributed by atoms with E-state index in [1.54, 1.807) is 7.05 Å². The van der Waals surface area contributed by atoms with E-state index in [0.29, 0.717) is 25.9 Å². The maximum absolute atomic E-state index is 11.0. The third kappa shape index (κ3) is 10.2. The molecule has 1 unspecified atom stereocenters. The van der Waals surface area contributed by atoms with Crippen molar-refractivity contribution in [1.82, 2.24) is 10.2 Å². The highest BCUT2D eigenvalue weighted by atomic mass is 127. The molecule has 2 heterocycles. The lowest BCUT2D eigenvalue weighted by molar-refractivity contribution is -0.0367. The van der Waals surface area contributed by atoms with Gasteiger partial charge in [-0.3, -0.25) is 4.99 Å². The van der Waals surface area contributed by atoms with Gasteiger partial charge in [0.15, 0.2) is 5.96 Å². The molecule has 0 amide bonds. The fraction of sp³-hybridized carbons (Fsp3) is 0.941. The van der Waals surface area contributed by atoms with Gasteiger partial charge in [-0.05, 0) is 25.7 Å². The zero-order valence-electron chi connectivity index (χ0n) is 16.4. The minimum atomic E-state index is -2.96. The van der Waals surface area contributed by atoms with Crippen LogP contribution < -0.4 is 5.32 Å². The number of rotatable bonds is 9. The molecule has 0 saturated carbocycles. The van der Waals surface area contributed by atoms with Gasteiger partial charge in [-0.2, -0.15) is 0 Å². The summed E-state index contributed by atoms with van der Waals surface area (Å²) in [7, 11) is -1.19. The number of nitrogens with one attached hydrogen (secondary N) is 1. The molecule has 2 saturated heterocycles. The van der Waals surface area contributed by atoms with Crippen LogP contribution in [-0.4, -0.2) is 96.6 Å². The Bertz CT molecular complexity index is 533. The van der Waals surface area contributed by atoms with Crippen molar-refractivity contribution in [3.8, 4) is 0 Å². The number of halogens is 1. The monoisotopic (exact) mass is 519 g/mol. The van der Waals surface area contributed by atoms with Crippen LogP contribution in [0.3, 0.4) is 0 Å². The Morgan fingerprint density at radius 1 is 1.26 bits per heavy atom. The first-order chi connectivity index (χ1) is 12.5. The molecule has 160 valence electrons. The Balaban J connectivity index is 0.00000364. The molecule has 0 aromatic rings. The number of aliphatic imine (C=N–C) groups is 1. The van der Waals surface area contributed by atoms with Crippen molar-refractivity contribution in [2.75, 3.05) is 65.1 Å². The van der Waals surface area contributed by atoms with Crippen molar-refractivity contribution >= 4 is 39.8 Å². The van der Waals surface area contributed by atoms with E-state index in [4.69, 9.17) is 14.2 Å². The van der Waals surface area contributed by atoms with Crippen molar-refractivity contribution in [3.05, 3.63) is 0 Å². The molecule has 2 rings (SSSR count). The smallest absolute Gasteiger partial charge is 0.193 e. The number of nitrogens with zero attached hydrogens (tertiary/aromatic N) is 2. The maximum Gasteiger partial charge on any atom is 0.193 e. The second-order valence-corrected chi connectivity index (χ2v) is 9.13. The molecule has 2 aliphatic heterocycles. The molecule has 2 aliphatic rings. The van der Waals surface area contributed by atoms with Crippen LogP contribution in [0.15, 0.2) is 4.99 Å². The highest BCUT2D eigenvalue weighted by molar-refractivity contribution is 14.0. The third-order valence-electron chi connectivity index (χ3n) is 4.62. The Kier molecular flexibility index (Phi) is 12.1. The minimum Gasteiger partial charge on any atom is -0.379 e. The van der Waals surface area contributed by atoms with E-state index >= 15 is 0 Å². The second kappa shape index (κ2) is 13.1. The van der Waals surface area contributed by atoms with Crippen LogP contribution in [0, 0.1) is 0 Å². The van der Waals surface area contributed by atoms with E-state index in [1.807, 2.05) is 0 Å². The van der Waals surface area contributed by atoms with Crippen molar-refractivity contribution in [2.45, 2.75) is 37.9 Å². The first kappa shape index (κ1) is 24.9. The topological polar surface area (TPSA) is 89.5 Å². The zero-order valence-corrected chi connectivity index (χ0v) is 19.5. The molecule has 2 fully saturated rings. The number of guanidine groups is 1. The number of piperidine rings is 1. The SMILES string of the molecule is CN=C(NCCOCCS(C)(=O)=O)N1CCC(OCC2CCCO2)CC1.I. The standard InChI is InChI=1S/C17H33N3O5S.HI/c1-18-17(19-7-11-23-12-13-26(2,21)22)20-8-5-15(6-9-20)25-14-16-4-3-10-24-16;/h15-16H,3-14H2,1-2H3,(H,18,19);1H. The van der Waals surface area contributed by atoms with Crippen molar-refractivity contribution < 1.29 is 22.6 Å². The van der Waals surface area contributed by atoms with Crippen LogP contribution in [0.5, 0.6) is 0 Å². The molecule has 10 heteroatoms. The summed E-state index contributed by atoms with van der Waals surface area (Å²) in [6, 6.07) is 0. The van der Waals surface area contributed by atoms with Gasteiger partial charge in [0.05, 0.1) is 37.8 Å². The van der Waals surface area contributed by atoms with Gasteiger partial charge in [0, 0.05) is 39.5 Å². The highest BCUT2D eigenvalue weighted by Gasteiger charge is 2.24. The van der Waals surface area contributed by atoms with Gasteiger partial charge in [-0.15, -0.1) is 24.0 Å². The molecule has 0 spiro atoms. The van der Waals surface area contributed by atoms with E-state index in [-0.39, 0.29) is 42.4 Å². The van der Waals surface area contributed by atoms with E-state index < -0.39 is 9.84 Å². The summed E-state index contributed by atoms with van der Waals surface area (Å²) in [4.78, 5) is 6.55. The first-order valence-electron chi connectivity index (χ1n) is 9.42. The largest absolute Gasteiger partial charge is 0.379 e. The normalized spacial score (nSPS) is 21.9. The third-order valence-corrected chi connectivity index (χ3v) is 5.53. The molecule has 1 N–H and O–H groups in total. The predicted octanol–water partition coefficient (Wildman–Crippen LogP) is 0.901. The van der Waals surface area contributed by atoms with Crippen LogP contribution in [0.1, 0.15) is 25.7 Å². The van der Waals surface area contributed by atoms with E-state index in [0.717, 1.165) is 51.3 Å². The molecule has 0 radical (unpaired) electrons. The molecular formula is C17H34IN3O5S. The van der Waals surface area contributed by atoms with Gasteiger partial charge >= 0.3 is 0 Å². The average molecular weight is 519 g/mol. The lowest BCUT2D eigenvalue weighted by atomic mass is 10.1. The Morgan fingerprint density at radius 2 is 2.00 bits per heavy atom. The molecule has 0 aliphatic carbocycles. The highest BCUT2D eigenvalue weighted by Crippen LogP contribution is 2.17. The van der Waals surface area contributed by atoms with E-state index in [9.17, 15) is 8.42 Å². The number of hydrogen-bond acceptors (Lipinski definition) is 6. The van der Waals surface area contributed by atoms with Crippen LogP contribution in [0.25, 0.3) is 0 Å². The zero-order chi connectivity index (χ0) is 18.8. The van der Waals surface area contributed by atoms with E-state index in [2.05, 4.69) is 15.2 Å².